The molecule has 4 rings (SSSR count). The third-order valence-corrected chi connectivity index (χ3v) is 5.90. The Morgan fingerprint density at radius 1 is 1.15 bits per heavy atom. The SMILES string of the molecule is CC(=O)N1CCN(c2ccnc3c2C(C)Cc2cc(Cl)ccc2C3)CC1. The maximum absolute atomic E-state index is 11.6. The van der Waals surface area contributed by atoms with Crippen molar-refractivity contribution in [1.82, 2.24) is 9.88 Å². The molecule has 5 heteroatoms. The van der Waals surface area contributed by atoms with Crippen LogP contribution in [0.5, 0.6) is 0 Å². The zero-order valence-electron chi connectivity index (χ0n) is 15.3. The van der Waals surface area contributed by atoms with Crippen LogP contribution >= 0.6 is 11.6 Å². The molecule has 1 aromatic heterocycles. The summed E-state index contributed by atoms with van der Waals surface area (Å²) in [6.07, 6.45) is 3.77. The molecule has 0 bridgehead atoms. The number of benzene rings is 1. The molecule has 1 aliphatic carbocycles. The van der Waals surface area contributed by atoms with Crippen molar-refractivity contribution in [2.45, 2.75) is 32.6 Å². The average molecular weight is 370 g/mol. The monoisotopic (exact) mass is 369 g/mol. The molecule has 0 spiro atoms. The van der Waals surface area contributed by atoms with Gasteiger partial charge in [0.15, 0.2) is 0 Å². The zero-order chi connectivity index (χ0) is 18.3. The number of anilines is 1. The summed E-state index contributed by atoms with van der Waals surface area (Å²) in [6, 6.07) is 8.35. The highest BCUT2D eigenvalue weighted by Crippen LogP contribution is 2.37. The van der Waals surface area contributed by atoms with Crippen molar-refractivity contribution >= 4 is 23.2 Å². The maximum atomic E-state index is 11.6. The zero-order valence-corrected chi connectivity index (χ0v) is 16.1. The van der Waals surface area contributed by atoms with Gasteiger partial charge in [0.1, 0.15) is 0 Å². The largest absolute Gasteiger partial charge is 0.368 e. The van der Waals surface area contributed by atoms with Crippen molar-refractivity contribution in [1.29, 1.82) is 0 Å². The van der Waals surface area contributed by atoms with Gasteiger partial charge in [-0.25, -0.2) is 0 Å². The summed E-state index contributed by atoms with van der Waals surface area (Å²) in [4.78, 5) is 20.7. The molecule has 4 nitrogen and oxygen atoms in total. The summed E-state index contributed by atoms with van der Waals surface area (Å²) in [5.74, 6) is 0.554. The second-order valence-electron chi connectivity index (χ2n) is 7.38. The number of carbonyl (C=O) groups excluding carboxylic acids is 1. The van der Waals surface area contributed by atoms with Gasteiger partial charge in [-0.3, -0.25) is 9.78 Å². The van der Waals surface area contributed by atoms with E-state index in [4.69, 9.17) is 16.6 Å². The van der Waals surface area contributed by atoms with Gasteiger partial charge in [0.2, 0.25) is 5.91 Å². The smallest absolute Gasteiger partial charge is 0.219 e. The Kier molecular flexibility index (Phi) is 4.62. The first kappa shape index (κ1) is 17.3. The third kappa shape index (κ3) is 3.18. The van der Waals surface area contributed by atoms with Crippen LogP contribution in [0.3, 0.4) is 0 Å². The summed E-state index contributed by atoms with van der Waals surface area (Å²) in [5, 5.41) is 0.801. The number of carbonyl (C=O) groups is 1. The van der Waals surface area contributed by atoms with E-state index in [9.17, 15) is 4.79 Å². The second kappa shape index (κ2) is 6.92. The van der Waals surface area contributed by atoms with Gasteiger partial charge < -0.3 is 9.80 Å². The number of nitrogens with zero attached hydrogens (tertiary/aromatic N) is 3. The first-order valence-electron chi connectivity index (χ1n) is 9.28. The molecule has 1 aliphatic heterocycles. The molecule has 136 valence electrons. The molecule has 0 radical (unpaired) electrons. The molecule has 0 saturated carbocycles. The quantitative estimate of drug-likeness (QED) is 0.769. The van der Waals surface area contributed by atoms with Gasteiger partial charge in [0.05, 0.1) is 5.69 Å². The fraction of sp³-hybridized carbons (Fsp3) is 0.429. The molecule has 26 heavy (non-hydrogen) atoms. The van der Waals surface area contributed by atoms with E-state index in [-0.39, 0.29) is 5.91 Å². The first-order valence-corrected chi connectivity index (χ1v) is 9.66. The van der Waals surface area contributed by atoms with Crippen LogP contribution in [0.1, 0.15) is 42.1 Å². The average Bonchev–Trinajstić information content (AvgIpc) is 2.77. The van der Waals surface area contributed by atoms with Gasteiger partial charge in [0.25, 0.3) is 0 Å². The molecule has 2 heterocycles. The van der Waals surface area contributed by atoms with E-state index < -0.39 is 0 Å². The lowest BCUT2D eigenvalue weighted by Gasteiger charge is -2.37. The van der Waals surface area contributed by atoms with Gasteiger partial charge in [-0.15, -0.1) is 0 Å². The molecule has 2 aliphatic rings. The first-order chi connectivity index (χ1) is 12.5. The summed E-state index contributed by atoms with van der Waals surface area (Å²) >= 11 is 6.23. The predicted molar refractivity (Wildman–Crippen MR) is 105 cm³/mol. The molecule has 1 saturated heterocycles. The molecular weight excluding hydrogens is 346 g/mol. The van der Waals surface area contributed by atoms with Crippen LogP contribution in [-0.2, 0) is 17.6 Å². The van der Waals surface area contributed by atoms with Crippen molar-refractivity contribution in [2.24, 2.45) is 0 Å². The highest BCUT2D eigenvalue weighted by atomic mass is 35.5. The lowest BCUT2D eigenvalue weighted by Crippen LogP contribution is -2.48. The van der Waals surface area contributed by atoms with E-state index in [1.54, 1.807) is 6.92 Å². The number of fused-ring (bicyclic) bond motifs is 2. The third-order valence-electron chi connectivity index (χ3n) is 5.66. The number of hydrogen-bond donors (Lipinski definition) is 0. The number of amides is 1. The molecule has 1 unspecified atom stereocenters. The molecule has 1 fully saturated rings. The van der Waals surface area contributed by atoms with Crippen molar-refractivity contribution in [2.75, 3.05) is 31.1 Å². The van der Waals surface area contributed by atoms with Gasteiger partial charge in [0, 0.05) is 62.0 Å². The van der Waals surface area contributed by atoms with Crippen LogP contribution in [0.4, 0.5) is 5.69 Å². The number of rotatable bonds is 1. The maximum Gasteiger partial charge on any atom is 0.219 e. The van der Waals surface area contributed by atoms with E-state index >= 15 is 0 Å². The molecule has 0 N–H and O–H groups in total. The molecular formula is C21H24ClN3O. The van der Waals surface area contributed by atoms with E-state index in [1.807, 2.05) is 17.2 Å². The van der Waals surface area contributed by atoms with Crippen molar-refractivity contribution in [3.63, 3.8) is 0 Å². The summed E-state index contributed by atoms with van der Waals surface area (Å²) < 4.78 is 0. The van der Waals surface area contributed by atoms with E-state index in [2.05, 4.69) is 30.0 Å². The Labute approximate surface area is 159 Å². The van der Waals surface area contributed by atoms with E-state index in [0.29, 0.717) is 5.92 Å². The minimum absolute atomic E-state index is 0.166. The standard InChI is InChI=1S/C21H24ClN3O/c1-14-11-17-12-18(22)4-3-16(17)13-19-21(14)20(5-6-23-19)25-9-7-24(8-10-25)15(2)26/h3-6,12,14H,7-11,13H2,1-2H3. The summed E-state index contributed by atoms with van der Waals surface area (Å²) in [7, 11) is 0. The Morgan fingerprint density at radius 2 is 1.92 bits per heavy atom. The molecule has 2 aromatic rings. The molecule has 1 aromatic carbocycles. The number of piperazine rings is 1. The number of pyridine rings is 1. The number of hydrogen-bond acceptors (Lipinski definition) is 3. The van der Waals surface area contributed by atoms with Gasteiger partial charge in [-0.05, 0) is 41.7 Å². The van der Waals surface area contributed by atoms with E-state index in [1.165, 1.54) is 28.1 Å². The van der Waals surface area contributed by atoms with Gasteiger partial charge in [-0.2, -0.15) is 0 Å². The van der Waals surface area contributed by atoms with Crippen LogP contribution in [0, 0.1) is 0 Å². The Hall–Kier alpha value is -2.07. The summed E-state index contributed by atoms with van der Waals surface area (Å²) in [5.41, 5.74) is 6.46. The Bertz CT molecular complexity index is 843. The van der Waals surface area contributed by atoms with Gasteiger partial charge in [-0.1, -0.05) is 24.6 Å². The van der Waals surface area contributed by atoms with Crippen LogP contribution in [-0.4, -0.2) is 42.0 Å². The van der Waals surface area contributed by atoms with Crippen molar-refractivity contribution in [3.05, 3.63) is 57.9 Å². The fourth-order valence-corrected chi connectivity index (χ4v) is 4.48. The van der Waals surface area contributed by atoms with Crippen LogP contribution in [0.2, 0.25) is 5.02 Å². The van der Waals surface area contributed by atoms with Crippen LogP contribution < -0.4 is 4.90 Å². The number of halogens is 1. The highest BCUT2D eigenvalue weighted by molar-refractivity contribution is 6.30. The Balaban J connectivity index is 1.67. The minimum Gasteiger partial charge on any atom is -0.368 e. The highest BCUT2D eigenvalue weighted by Gasteiger charge is 2.27. The Morgan fingerprint density at radius 3 is 2.65 bits per heavy atom. The predicted octanol–water partition coefficient (Wildman–Crippen LogP) is 3.65. The fourth-order valence-electron chi connectivity index (χ4n) is 4.29. The van der Waals surface area contributed by atoms with E-state index in [0.717, 1.165) is 44.0 Å². The van der Waals surface area contributed by atoms with Crippen LogP contribution in [0.25, 0.3) is 0 Å². The second-order valence-corrected chi connectivity index (χ2v) is 7.81. The topological polar surface area (TPSA) is 36.4 Å². The molecule has 1 amide bonds. The number of aromatic nitrogens is 1. The normalized spacial score (nSPS) is 19.6. The molecule has 1 atom stereocenters. The lowest BCUT2D eigenvalue weighted by atomic mass is 9.93. The van der Waals surface area contributed by atoms with Gasteiger partial charge >= 0.3 is 0 Å². The lowest BCUT2D eigenvalue weighted by molar-refractivity contribution is -0.129. The van der Waals surface area contributed by atoms with Crippen LogP contribution in [0.15, 0.2) is 30.5 Å². The summed E-state index contributed by atoms with van der Waals surface area (Å²) in [6.45, 7) is 7.26. The van der Waals surface area contributed by atoms with Crippen molar-refractivity contribution in [3.8, 4) is 0 Å². The minimum atomic E-state index is 0.166. The van der Waals surface area contributed by atoms with Crippen molar-refractivity contribution < 1.29 is 4.79 Å².